The fourth-order valence-corrected chi connectivity index (χ4v) is 8.29. The first kappa shape index (κ1) is 34.2. The van der Waals surface area contributed by atoms with Crippen LogP contribution >= 0.6 is 0 Å². The average molecular weight is 685 g/mol. The van der Waals surface area contributed by atoms with Gasteiger partial charge >= 0.3 is 0 Å². The molecule has 49 heavy (non-hydrogen) atoms. The van der Waals surface area contributed by atoms with E-state index in [1.54, 1.807) is 24.3 Å². The minimum atomic E-state index is -3.88. The van der Waals surface area contributed by atoms with E-state index in [1.807, 2.05) is 76.6 Å². The van der Waals surface area contributed by atoms with E-state index >= 15 is 0 Å². The van der Waals surface area contributed by atoms with Gasteiger partial charge in [-0.1, -0.05) is 48.5 Å². The summed E-state index contributed by atoms with van der Waals surface area (Å²) in [6.45, 7) is 12.8. The molecule has 0 saturated heterocycles. The van der Waals surface area contributed by atoms with Gasteiger partial charge in [0.25, 0.3) is 5.91 Å². The van der Waals surface area contributed by atoms with E-state index in [-0.39, 0.29) is 29.7 Å². The lowest BCUT2D eigenvalue weighted by atomic mass is 9.74. The third-order valence-corrected chi connectivity index (χ3v) is 11.2. The molecule has 0 saturated carbocycles. The van der Waals surface area contributed by atoms with Crippen molar-refractivity contribution >= 4 is 27.0 Å². The molecule has 12 heteroatoms. The monoisotopic (exact) mass is 684 g/mol. The Bertz CT molecular complexity index is 2150. The van der Waals surface area contributed by atoms with E-state index in [2.05, 4.69) is 20.6 Å². The molecule has 1 aliphatic heterocycles. The van der Waals surface area contributed by atoms with Crippen molar-refractivity contribution < 1.29 is 22.3 Å². The van der Waals surface area contributed by atoms with Crippen LogP contribution in [-0.4, -0.2) is 56.8 Å². The van der Waals surface area contributed by atoms with Crippen LogP contribution in [0.25, 0.3) is 11.0 Å². The van der Waals surface area contributed by atoms with Gasteiger partial charge in [0.05, 0.1) is 23.8 Å². The highest BCUT2D eigenvalue weighted by molar-refractivity contribution is 7.89. The summed E-state index contributed by atoms with van der Waals surface area (Å²) in [5.41, 5.74) is 5.29. The predicted octanol–water partition coefficient (Wildman–Crippen LogP) is 6.30. The van der Waals surface area contributed by atoms with Gasteiger partial charge < -0.3 is 10.1 Å². The van der Waals surface area contributed by atoms with Crippen molar-refractivity contribution in [2.24, 2.45) is 0 Å². The van der Waals surface area contributed by atoms with Crippen LogP contribution in [-0.2, 0) is 23.1 Å². The van der Waals surface area contributed by atoms with Crippen LogP contribution in [0.5, 0.6) is 5.75 Å². The van der Waals surface area contributed by atoms with Gasteiger partial charge in [-0.2, -0.15) is 4.31 Å². The number of aryl methyl sites for hydroxylation is 3. The topological polar surface area (TPSA) is 119 Å². The quantitative estimate of drug-likeness (QED) is 0.194. The third-order valence-electron chi connectivity index (χ3n) is 9.39. The van der Waals surface area contributed by atoms with Crippen molar-refractivity contribution in [3.05, 3.63) is 112 Å². The van der Waals surface area contributed by atoms with Gasteiger partial charge in [0, 0.05) is 30.7 Å². The van der Waals surface area contributed by atoms with Crippen molar-refractivity contribution in [3.63, 3.8) is 0 Å². The van der Waals surface area contributed by atoms with E-state index in [0.717, 1.165) is 51.1 Å². The van der Waals surface area contributed by atoms with Crippen LogP contribution in [0.3, 0.4) is 0 Å². The second kappa shape index (κ2) is 13.3. The van der Waals surface area contributed by atoms with Crippen LogP contribution < -0.4 is 10.1 Å². The average Bonchev–Trinajstić information content (AvgIpc) is 3.46. The molecule has 1 aliphatic rings. The molecule has 2 atom stereocenters. The molecule has 256 valence electrons. The number of para-hydroxylation sites is 1. The molecule has 1 amide bonds. The minimum Gasteiger partial charge on any atom is -0.488 e. The molecule has 0 spiro atoms. The molecule has 0 radical (unpaired) electrons. The molecule has 1 N–H and O–H groups in total. The Morgan fingerprint density at radius 3 is 2.59 bits per heavy atom. The Balaban J connectivity index is 1.45. The van der Waals surface area contributed by atoms with Crippen LogP contribution in [0.2, 0.25) is 0 Å². The standard InChI is InChI=1S/C37H41FN6O4S/c1-7-29-22-43(49(46,47)33-12-10-9-11-32(33)48-29)21-27-17-25(14-13-23(27)3)34(30-15-16-31-35(24(30)4)41-42-44(31)8-2)37(5,6)40-36(45)26-18-28(38)20-39-19-26/h9-20,29,34H,7-8,21-22H2,1-6H3,(H,40,45)/t29-,34?/m1/s1. The number of ether oxygens (including phenoxy) is 1. The number of nitrogens with one attached hydrogen (secondary N) is 1. The largest absolute Gasteiger partial charge is 0.488 e. The summed E-state index contributed by atoms with van der Waals surface area (Å²) in [5.74, 6) is -1.14. The maximum Gasteiger partial charge on any atom is 0.253 e. The van der Waals surface area contributed by atoms with E-state index < -0.39 is 33.2 Å². The number of aromatic nitrogens is 4. The minimum absolute atomic E-state index is 0.105. The summed E-state index contributed by atoms with van der Waals surface area (Å²) in [4.78, 5) is 17.5. The molecular formula is C37H41FN6O4S. The van der Waals surface area contributed by atoms with Gasteiger partial charge in [-0.05, 0) is 93.1 Å². The first-order chi connectivity index (χ1) is 23.3. The van der Waals surface area contributed by atoms with Gasteiger partial charge in [-0.15, -0.1) is 5.10 Å². The number of rotatable bonds is 9. The number of hydrogen-bond donors (Lipinski definition) is 1. The normalized spacial score (nSPS) is 16.8. The third kappa shape index (κ3) is 6.54. The molecule has 0 bridgehead atoms. The van der Waals surface area contributed by atoms with Crippen molar-refractivity contribution in [2.45, 2.75) is 83.5 Å². The van der Waals surface area contributed by atoms with Crippen molar-refractivity contribution in [2.75, 3.05) is 6.54 Å². The number of amides is 1. The van der Waals surface area contributed by atoms with E-state index in [9.17, 15) is 17.6 Å². The Morgan fingerprint density at radius 1 is 1.08 bits per heavy atom. The molecule has 2 aromatic heterocycles. The smallest absolute Gasteiger partial charge is 0.253 e. The van der Waals surface area contributed by atoms with Crippen molar-refractivity contribution in [1.29, 1.82) is 0 Å². The number of fused-ring (bicyclic) bond motifs is 2. The lowest BCUT2D eigenvalue weighted by Gasteiger charge is -2.37. The highest BCUT2D eigenvalue weighted by Gasteiger charge is 2.37. The highest BCUT2D eigenvalue weighted by Crippen LogP contribution is 2.40. The van der Waals surface area contributed by atoms with E-state index in [4.69, 9.17) is 4.74 Å². The number of pyridine rings is 1. The number of hydrogen-bond acceptors (Lipinski definition) is 7. The maximum atomic E-state index is 14.1. The van der Waals surface area contributed by atoms with Crippen LogP contribution in [0.15, 0.2) is 78.0 Å². The molecule has 10 nitrogen and oxygen atoms in total. The first-order valence-corrected chi connectivity index (χ1v) is 17.9. The number of halogens is 1. The Morgan fingerprint density at radius 2 is 1.86 bits per heavy atom. The second-order valence-corrected chi connectivity index (χ2v) is 15.0. The zero-order valence-corrected chi connectivity index (χ0v) is 29.4. The van der Waals surface area contributed by atoms with Crippen LogP contribution in [0.4, 0.5) is 4.39 Å². The molecule has 6 rings (SSSR count). The van der Waals surface area contributed by atoms with Gasteiger partial charge in [-0.25, -0.2) is 17.5 Å². The summed E-state index contributed by atoms with van der Waals surface area (Å²) >= 11 is 0. The molecule has 3 aromatic carbocycles. The zero-order chi connectivity index (χ0) is 35.1. The fraction of sp³-hybridized carbons (Fsp3) is 0.351. The number of nitrogens with zero attached hydrogens (tertiary/aromatic N) is 5. The molecule has 1 unspecified atom stereocenters. The maximum absolute atomic E-state index is 14.1. The predicted molar refractivity (Wildman–Crippen MR) is 185 cm³/mol. The Labute approximate surface area is 286 Å². The molecule has 0 fully saturated rings. The Kier molecular flexibility index (Phi) is 9.29. The molecular weight excluding hydrogens is 644 g/mol. The van der Waals surface area contributed by atoms with Gasteiger partial charge in [0.1, 0.15) is 28.1 Å². The van der Waals surface area contributed by atoms with Gasteiger partial charge in [0.2, 0.25) is 10.0 Å². The summed E-state index contributed by atoms with van der Waals surface area (Å²) in [7, 11) is -3.88. The number of carbonyl (C=O) groups excluding carboxylic acids is 1. The number of carbonyl (C=O) groups is 1. The Hall–Kier alpha value is -4.68. The molecule has 5 aromatic rings. The summed E-state index contributed by atoms with van der Waals surface area (Å²) in [6, 6.07) is 18.0. The van der Waals surface area contributed by atoms with Gasteiger partial charge in [0.15, 0.2) is 0 Å². The lowest BCUT2D eigenvalue weighted by molar-refractivity contribution is 0.0905. The highest BCUT2D eigenvalue weighted by atomic mass is 32.2. The van der Waals surface area contributed by atoms with Crippen LogP contribution in [0.1, 0.15) is 78.2 Å². The zero-order valence-electron chi connectivity index (χ0n) is 28.6. The van der Waals surface area contributed by atoms with Crippen molar-refractivity contribution in [3.8, 4) is 5.75 Å². The first-order valence-electron chi connectivity index (χ1n) is 16.4. The summed E-state index contributed by atoms with van der Waals surface area (Å²) in [5, 5.41) is 12.0. The fourth-order valence-electron chi connectivity index (χ4n) is 6.72. The summed E-state index contributed by atoms with van der Waals surface area (Å²) in [6.07, 6.45) is 2.71. The van der Waals surface area contributed by atoms with Gasteiger partial charge in [-0.3, -0.25) is 9.78 Å². The SMILES string of the molecule is CC[C@@H]1CN(Cc2cc(C(c3ccc4c(nnn4CC)c3C)C(C)(C)NC(=O)c3cncc(F)c3)ccc2C)S(=O)(=O)c2ccccc2O1. The molecule has 3 heterocycles. The number of benzene rings is 3. The van der Waals surface area contributed by atoms with Crippen LogP contribution in [0, 0.1) is 19.7 Å². The van der Waals surface area contributed by atoms with E-state index in [1.165, 1.54) is 10.5 Å². The number of sulfonamides is 1. The summed E-state index contributed by atoms with van der Waals surface area (Å²) < 4.78 is 51.6. The van der Waals surface area contributed by atoms with E-state index in [0.29, 0.717) is 18.7 Å². The molecule has 0 aliphatic carbocycles. The lowest BCUT2D eigenvalue weighted by Crippen LogP contribution is -2.48. The second-order valence-electron chi connectivity index (χ2n) is 13.1. The van der Waals surface area contributed by atoms with Crippen molar-refractivity contribution in [1.82, 2.24) is 29.6 Å².